The van der Waals surface area contributed by atoms with Crippen molar-refractivity contribution >= 4 is 5.91 Å². The second kappa shape index (κ2) is 8.12. The van der Waals surface area contributed by atoms with Gasteiger partial charge in [-0.1, -0.05) is 24.3 Å². The highest BCUT2D eigenvalue weighted by atomic mass is 16.5. The second-order valence-electron chi connectivity index (χ2n) is 5.62. The summed E-state index contributed by atoms with van der Waals surface area (Å²) < 4.78 is 7.07. The van der Waals surface area contributed by atoms with Gasteiger partial charge >= 0.3 is 0 Å². The minimum Gasteiger partial charge on any atom is -0.484 e. The summed E-state index contributed by atoms with van der Waals surface area (Å²) in [5, 5.41) is 7.62. The predicted octanol–water partition coefficient (Wildman–Crippen LogP) is 2.03. The Labute approximate surface area is 146 Å². The van der Waals surface area contributed by atoms with E-state index in [0.717, 1.165) is 24.3 Å². The number of primary amides is 1. The van der Waals surface area contributed by atoms with Crippen molar-refractivity contribution in [3.05, 3.63) is 78.1 Å². The molecule has 0 unspecified atom stereocenters. The van der Waals surface area contributed by atoms with Crippen LogP contribution in [0.5, 0.6) is 5.75 Å². The van der Waals surface area contributed by atoms with Gasteiger partial charge in [0.05, 0.1) is 5.69 Å². The minimum absolute atomic E-state index is 0.105. The normalized spacial score (nSPS) is 10.6. The zero-order chi connectivity index (χ0) is 17.5. The van der Waals surface area contributed by atoms with Gasteiger partial charge in [-0.05, 0) is 41.5 Å². The lowest BCUT2D eigenvalue weighted by Gasteiger charge is -2.08. The fraction of sp³-hybridized carbons (Fsp3) is 0.158. The van der Waals surface area contributed by atoms with Crippen LogP contribution in [0.1, 0.15) is 11.1 Å². The van der Waals surface area contributed by atoms with Gasteiger partial charge in [-0.2, -0.15) is 5.10 Å². The zero-order valence-corrected chi connectivity index (χ0v) is 13.8. The van der Waals surface area contributed by atoms with E-state index in [4.69, 9.17) is 10.5 Å². The van der Waals surface area contributed by atoms with Crippen LogP contribution in [0.3, 0.4) is 0 Å². The maximum absolute atomic E-state index is 10.7. The smallest absolute Gasteiger partial charge is 0.255 e. The van der Waals surface area contributed by atoms with E-state index >= 15 is 0 Å². The van der Waals surface area contributed by atoms with E-state index in [2.05, 4.69) is 34.7 Å². The average molecular weight is 336 g/mol. The van der Waals surface area contributed by atoms with Crippen LogP contribution in [-0.4, -0.2) is 22.3 Å². The third-order valence-corrected chi connectivity index (χ3v) is 3.67. The molecule has 0 saturated carbocycles. The van der Waals surface area contributed by atoms with E-state index in [1.165, 1.54) is 5.56 Å². The van der Waals surface area contributed by atoms with Gasteiger partial charge in [0.15, 0.2) is 6.61 Å². The fourth-order valence-electron chi connectivity index (χ4n) is 2.40. The van der Waals surface area contributed by atoms with Gasteiger partial charge in [-0.25, -0.2) is 4.68 Å². The van der Waals surface area contributed by atoms with Crippen LogP contribution < -0.4 is 15.8 Å². The molecule has 128 valence electrons. The molecule has 1 heterocycles. The van der Waals surface area contributed by atoms with E-state index < -0.39 is 5.91 Å². The first-order valence-corrected chi connectivity index (χ1v) is 8.00. The Morgan fingerprint density at radius 1 is 1.04 bits per heavy atom. The molecule has 25 heavy (non-hydrogen) atoms. The Morgan fingerprint density at radius 3 is 2.24 bits per heavy atom. The summed E-state index contributed by atoms with van der Waals surface area (Å²) in [6.07, 6.45) is 3.68. The molecule has 0 aliphatic heterocycles. The number of carbonyl (C=O) groups excluding carboxylic acids is 1. The first-order chi connectivity index (χ1) is 12.2. The Hall–Kier alpha value is -3.12. The Bertz CT molecular complexity index is 796. The number of ether oxygens (including phenoxy) is 1. The molecular weight excluding hydrogens is 316 g/mol. The summed E-state index contributed by atoms with van der Waals surface area (Å²) in [6, 6.07) is 17.8. The molecule has 0 saturated heterocycles. The number of nitrogens with one attached hydrogen (secondary N) is 1. The van der Waals surface area contributed by atoms with E-state index in [9.17, 15) is 4.79 Å². The third kappa shape index (κ3) is 4.92. The molecule has 0 spiro atoms. The van der Waals surface area contributed by atoms with E-state index in [-0.39, 0.29) is 6.61 Å². The van der Waals surface area contributed by atoms with Crippen molar-refractivity contribution in [2.75, 3.05) is 6.61 Å². The highest BCUT2D eigenvalue weighted by Gasteiger charge is 2.00. The SMILES string of the molecule is NC(=O)COc1ccc(CNCc2ccc(-n3cccn3)cc2)cc1. The molecule has 3 aromatic rings. The molecule has 0 aliphatic rings. The first-order valence-electron chi connectivity index (χ1n) is 8.00. The van der Waals surface area contributed by atoms with Gasteiger partial charge in [0.2, 0.25) is 0 Å². The number of nitrogens with two attached hydrogens (primary N) is 1. The van der Waals surface area contributed by atoms with Crippen LogP contribution in [0.4, 0.5) is 0 Å². The quantitative estimate of drug-likeness (QED) is 0.659. The van der Waals surface area contributed by atoms with Crippen LogP contribution in [0.25, 0.3) is 5.69 Å². The van der Waals surface area contributed by atoms with Crippen molar-refractivity contribution < 1.29 is 9.53 Å². The summed E-state index contributed by atoms with van der Waals surface area (Å²) >= 11 is 0. The van der Waals surface area contributed by atoms with Gasteiger partial charge in [0.1, 0.15) is 5.75 Å². The van der Waals surface area contributed by atoms with E-state index in [1.807, 2.05) is 41.2 Å². The van der Waals surface area contributed by atoms with E-state index in [1.54, 1.807) is 6.20 Å². The number of hydrogen-bond donors (Lipinski definition) is 2. The fourth-order valence-corrected chi connectivity index (χ4v) is 2.40. The summed E-state index contributed by atoms with van der Waals surface area (Å²) in [6.45, 7) is 1.42. The van der Waals surface area contributed by atoms with Crippen molar-refractivity contribution in [3.63, 3.8) is 0 Å². The molecule has 1 amide bonds. The van der Waals surface area contributed by atoms with Gasteiger partial charge in [0, 0.05) is 25.5 Å². The van der Waals surface area contributed by atoms with E-state index in [0.29, 0.717) is 5.75 Å². The molecule has 2 aromatic carbocycles. The highest BCUT2D eigenvalue weighted by molar-refractivity contribution is 5.75. The topological polar surface area (TPSA) is 82.2 Å². The highest BCUT2D eigenvalue weighted by Crippen LogP contribution is 2.12. The molecule has 3 N–H and O–H groups in total. The van der Waals surface area contributed by atoms with Crippen LogP contribution in [0.2, 0.25) is 0 Å². The Balaban J connectivity index is 1.47. The van der Waals surface area contributed by atoms with Crippen molar-refractivity contribution in [2.24, 2.45) is 5.73 Å². The number of aromatic nitrogens is 2. The molecule has 1 aromatic heterocycles. The number of benzene rings is 2. The maximum atomic E-state index is 10.7. The number of carbonyl (C=O) groups is 1. The summed E-state index contributed by atoms with van der Waals surface area (Å²) in [4.78, 5) is 10.7. The summed E-state index contributed by atoms with van der Waals surface area (Å²) in [5.41, 5.74) is 8.44. The zero-order valence-electron chi connectivity index (χ0n) is 13.8. The molecular formula is C19H20N4O2. The lowest BCUT2D eigenvalue weighted by atomic mass is 10.2. The van der Waals surface area contributed by atoms with Crippen LogP contribution in [0.15, 0.2) is 67.0 Å². The number of amides is 1. The van der Waals surface area contributed by atoms with Crippen LogP contribution in [0, 0.1) is 0 Å². The monoisotopic (exact) mass is 336 g/mol. The molecule has 3 rings (SSSR count). The number of rotatable bonds is 8. The second-order valence-corrected chi connectivity index (χ2v) is 5.62. The number of hydrogen-bond acceptors (Lipinski definition) is 4. The Morgan fingerprint density at radius 2 is 1.68 bits per heavy atom. The molecule has 0 aliphatic carbocycles. The van der Waals surface area contributed by atoms with Gasteiger partial charge in [-0.15, -0.1) is 0 Å². The van der Waals surface area contributed by atoms with Crippen molar-refractivity contribution in [3.8, 4) is 11.4 Å². The molecule has 0 bridgehead atoms. The molecule has 6 nitrogen and oxygen atoms in total. The number of nitrogens with zero attached hydrogens (tertiary/aromatic N) is 2. The molecule has 0 atom stereocenters. The molecule has 0 radical (unpaired) electrons. The van der Waals surface area contributed by atoms with Gasteiger partial charge < -0.3 is 15.8 Å². The summed E-state index contributed by atoms with van der Waals surface area (Å²) in [7, 11) is 0. The van der Waals surface area contributed by atoms with Crippen LogP contribution >= 0.6 is 0 Å². The predicted molar refractivity (Wildman–Crippen MR) is 95.2 cm³/mol. The Kier molecular flexibility index (Phi) is 5.43. The minimum atomic E-state index is -0.482. The molecule has 0 fully saturated rings. The average Bonchev–Trinajstić information content (AvgIpc) is 3.16. The lowest BCUT2D eigenvalue weighted by Crippen LogP contribution is -2.20. The summed E-state index contributed by atoms with van der Waals surface area (Å²) in [5.74, 6) is 0.154. The lowest BCUT2D eigenvalue weighted by molar-refractivity contribution is -0.119. The van der Waals surface area contributed by atoms with Crippen molar-refractivity contribution in [1.29, 1.82) is 0 Å². The van der Waals surface area contributed by atoms with Crippen molar-refractivity contribution in [2.45, 2.75) is 13.1 Å². The standard InChI is InChI=1S/C19H20N4O2/c20-19(24)14-25-18-8-4-16(5-9-18)13-21-12-15-2-6-17(7-3-15)23-11-1-10-22-23/h1-11,21H,12-14H2,(H2,20,24). The third-order valence-electron chi connectivity index (χ3n) is 3.67. The van der Waals surface area contributed by atoms with Gasteiger partial charge in [-0.3, -0.25) is 4.79 Å². The largest absolute Gasteiger partial charge is 0.484 e. The maximum Gasteiger partial charge on any atom is 0.255 e. The first kappa shape index (κ1) is 16.7. The van der Waals surface area contributed by atoms with Gasteiger partial charge in [0.25, 0.3) is 5.91 Å². The van der Waals surface area contributed by atoms with Crippen LogP contribution in [-0.2, 0) is 17.9 Å². The molecule has 6 heteroatoms. The van der Waals surface area contributed by atoms with Crippen molar-refractivity contribution in [1.82, 2.24) is 15.1 Å².